The van der Waals surface area contributed by atoms with Crippen LogP contribution in [0.4, 0.5) is 4.79 Å². The highest BCUT2D eigenvalue weighted by atomic mass is 16.5. The summed E-state index contributed by atoms with van der Waals surface area (Å²) < 4.78 is 5.63. The summed E-state index contributed by atoms with van der Waals surface area (Å²) in [4.78, 5) is 27.8. The van der Waals surface area contributed by atoms with Crippen LogP contribution in [0.3, 0.4) is 0 Å². The van der Waals surface area contributed by atoms with Crippen molar-refractivity contribution in [1.29, 1.82) is 0 Å². The molecule has 180 valence electrons. The Bertz CT molecular complexity index is 1010. The Morgan fingerprint density at radius 2 is 1.74 bits per heavy atom. The molecule has 0 fully saturated rings. The summed E-state index contributed by atoms with van der Waals surface area (Å²) in [5, 5.41) is 12.9. The third-order valence-corrected chi connectivity index (χ3v) is 5.57. The number of amides is 2. The number of carbonyl (C=O) groups excluding carboxylic acids is 2. The van der Waals surface area contributed by atoms with Gasteiger partial charge in [0, 0.05) is 39.7 Å². The van der Waals surface area contributed by atoms with Crippen LogP contribution in [0.2, 0.25) is 0 Å². The zero-order chi connectivity index (χ0) is 24.3. The predicted octanol–water partition coefficient (Wildman–Crippen LogP) is 2.59. The Hall–Kier alpha value is -3.88. The molecule has 2 amide bonds. The molecule has 2 aromatic rings. The van der Waals surface area contributed by atoms with E-state index in [4.69, 9.17) is 4.74 Å². The summed E-state index contributed by atoms with van der Waals surface area (Å²) in [6.07, 6.45) is 2.32. The van der Waals surface area contributed by atoms with Crippen molar-refractivity contribution in [3.05, 3.63) is 59.7 Å². The normalized spacial score (nSPS) is 13.7. The van der Waals surface area contributed by atoms with Crippen molar-refractivity contribution < 1.29 is 14.3 Å². The second-order valence-electron chi connectivity index (χ2n) is 7.91. The first-order chi connectivity index (χ1) is 16.5. The Kier molecular flexibility index (Phi) is 9.02. The quantitative estimate of drug-likeness (QED) is 0.197. The van der Waals surface area contributed by atoms with E-state index in [2.05, 4.69) is 55.7 Å². The molecule has 1 aliphatic rings. The lowest BCUT2D eigenvalue weighted by Crippen LogP contribution is -2.39. The van der Waals surface area contributed by atoms with Crippen LogP contribution in [-0.2, 0) is 9.53 Å². The summed E-state index contributed by atoms with van der Waals surface area (Å²) in [7, 11) is 3.48. The zero-order valence-electron chi connectivity index (χ0n) is 19.8. The first-order valence-electron chi connectivity index (χ1n) is 11.3. The van der Waals surface area contributed by atoms with E-state index >= 15 is 0 Å². The van der Waals surface area contributed by atoms with Gasteiger partial charge in [-0.2, -0.15) is 5.10 Å². The van der Waals surface area contributed by atoms with E-state index in [9.17, 15) is 9.59 Å². The Balaban J connectivity index is 1.58. The second-order valence-corrected chi connectivity index (χ2v) is 7.91. The van der Waals surface area contributed by atoms with Gasteiger partial charge in [-0.3, -0.25) is 9.79 Å². The molecular formula is C25H32N6O3. The topological polar surface area (TPSA) is 116 Å². The van der Waals surface area contributed by atoms with Gasteiger partial charge >= 0.3 is 6.09 Å². The molecule has 4 N–H and O–H groups in total. The number of nitrogens with one attached hydrogen (secondary N) is 4. The predicted molar refractivity (Wildman–Crippen MR) is 134 cm³/mol. The highest BCUT2D eigenvalue weighted by molar-refractivity contribution is 5.80. The van der Waals surface area contributed by atoms with Gasteiger partial charge in [0.2, 0.25) is 5.91 Å². The molecule has 0 spiro atoms. The average Bonchev–Trinajstić information content (AvgIpc) is 3.16. The number of alkyl carbamates (subject to hydrolysis) is 1. The third-order valence-electron chi connectivity index (χ3n) is 5.57. The largest absolute Gasteiger partial charge is 0.449 e. The first kappa shape index (κ1) is 24.8. The minimum Gasteiger partial charge on any atom is -0.449 e. The number of guanidine groups is 1. The Morgan fingerprint density at radius 1 is 1.09 bits per heavy atom. The number of carbonyl (C=O) groups is 2. The van der Waals surface area contributed by atoms with Gasteiger partial charge in [-0.05, 0) is 35.1 Å². The van der Waals surface area contributed by atoms with Gasteiger partial charge in [-0.25, -0.2) is 10.2 Å². The lowest BCUT2D eigenvalue weighted by atomic mass is 9.98. The summed E-state index contributed by atoms with van der Waals surface area (Å²) in [5.41, 5.74) is 7.04. The molecule has 9 heteroatoms. The smallest absolute Gasteiger partial charge is 0.407 e. The van der Waals surface area contributed by atoms with Crippen LogP contribution in [0.25, 0.3) is 11.1 Å². The van der Waals surface area contributed by atoms with Crippen LogP contribution >= 0.6 is 0 Å². The molecule has 0 saturated heterocycles. The van der Waals surface area contributed by atoms with Crippen molar-refractivity contribution in [3.63, 3.8) is 0 Å². The molecule has 0 aromatic heterocycles. The zero-order valence-corrected chi connectivity index (χ0v) is 19.8. The molecule has 3 rings (SSSR count). The van der Waals surface area contributed by atoms with Gasteiger partial charge in [-0.15, -0.1) is 0 Å². The van der Waals surface area contributed by atoms with Crippen LogP contribution < -0.4 is 21.4 Å². The number of fused-ring (bicyclic) bond motifs is 3. The lowest BCUT2D eigenvalue weighted by molar-refractivity contribution is -0.118. The molecule has 0 bridgehead atoms. The van der Waals surface area contributed by atoms with Crippen LogP contribution in [0.15, 0.2) is 58.6 Å². The highest BCUT2D eigenvalue weighted by Gasteiger charge is 2.29. The monoisotopic (exact) mass is 464 g/mol. The van der Waals surface area contributed by atoms with Crippen molar-refractivity contribution >= 4 is 24.2 Å². The highest BCUT2D eigenvalue weighted by Crippen LogP contribution is 2.44. The van der Waals surface area contributed by atoms with E-state index < -0.39 is 12.1 Å². The SMILES string of the molecule is CN=C(NC)NCCC[C@@H](/C=N\NC(C)=O)NC(=O)OCC1c2ccccc2-c2ccccc21. The fourth-order valence-electron chi connectivity index (χ4n) is 4.00. The van der Waals surface area contributed by atoms with E-state index in [1.54, 1.807) is 14.1 Å². The van der Waals surface area contributed by atoms with Crippen molar-refractivity contribution in [2.24, 2.45) is 10.1 Å². The van der Waals surface area contributed by atoms with E-state index in [0.717, 1.165) is 17.5 Å². The number of hydrogen-bond donors (Lipinski definition) is 4. The lowest BCUT2D eigenvalue weighted by Gasteiger charge is -2.18. The van der Waals surface area contributed by atoms with Gasteiger partial charge in [0.1, 0.15) is 6.61 Å². The summed E-state index contributed by atoms with van der Waals surface area (Å²) in [6.45, 7) is 2.26. The van der Waals surface area contributed by atoms with Crippen molar-refractivity contribution in [1.82, 2.24) is 21.4 Å². The molecule has 0 heterocycles. The average molecular weight is 465 g/mol. The maximum atomic E-state index is 12.6. The van der Waals surface area contributed by atoms with E-state index in [-0.39, 0.29) is 18.4 Å². The van der Waals surface area contributed by atoms with Crippen molar-refractivity contribution in [3.8, 4) is 11.1 Å². The summed E-state index contributed by atoms with van der Waals surface area (Å²) in [5.74, 6) is 0.394. The summed E-state index contributed by atoms with van der Waals surface area (Å²) in [6, 6.07) is 16.0. The molecule has 2 aromatic carbocycles. The number of ether oxygens (including phenoxy) is 1. The number of hydrogen-bond acceptors (Lipinski definition) is 5. The number of benzene rings is 2. The van der Waals surface area contributed by atoms with Crippen LogP contribution in [0, 0.1) is 0 Å². The molecular weight excluding hydrogens is 432 g/mol. The number of aliphatic imine (C=N–C) groups is 1. The van der Waals surface area contributed by atoms with Crippen molar-refractivity contribution in [2.45, 2.75) is 31.7 Å². The number of rotatable bonds is 9. The van der Waals surface area contributed by atoms with Gasteiger partial charge in [0.15, 0.2) is 5.96 Å². The Morgan fingerprint density at radius 3 is 2.32 bits per heavy atom. The standard InChI is InChI=1S/C25H32N6O3/c1-17(32)31-29-15-18(9-8-14-28-24(26-2)27-3)30-25(33)34-16-23-21-12-6-4-10-19(21)20-11-5-7-13-22(20)23/h4-7,10-13,15,18,23H,8-9,14,16H2,1-3H3,(H,30,33)(H,31,32)(H2,26,27,28)/b29-15-/t18-/m0/s1. The third kappa shape index (κ3) is 6.57. The second kappa shape index (κ2) is 12.4. The van der Waals surface area contributed by atoms with Gasteiger partial charge in [0.05, 0.1) is 6.04 Å². The van der Waals surface area contributed by atoms with Crippen LogP contribution in [0.1, 0.15) is 36.8 Å². The number of nitrogens with zero attached hydrogens (tertiary/aromatic N) is 2. The fourth-order valence-corrected chi connectivity index (χ4v) is 4.00. The minimum absolute atomic E-state index is 0.0119. The first-order valence-corrected chi connectivity index (χ1v) is 11.3. The van der Waals surface area contributed by atoms with E-state index in [0.29, 0.717) is 18.9 Å². The molecule has 0 radical (unpaired) electrons. The minimum atomic E-state index is -0.528. The molecule has 1 atom stereocenters. The van der Waals surface area contributed by atoms with E-state index in [1.165, 1.54) is 24.3 Å². The molecule has 0 unspecified atom stereocenters. The van der Waals surface area contributed by atoms with E-state index in [1.807, 2.05) is 24.3 Å². The fraction of sp³-hybridized carbons (Fsp3) is 0.360. The maximum Gasteiger partial charge on any atom is 0.407 e. The number of hydrazone groups is 1. The summed E-state index contributed by atoms with van der Waals surface area (Å²) >= 11 is 0. The Labute approximate surface area is 200 Å². The maximum absolute atomic E-state index is 12.6. The van der Waals surface area contributed by atoms with Gasteiger partial charge < -0.3 is 20.7 Å². The molecule has 0 aliphatic heterocycles. The van der Waals surface area contributed by atoms with Crippen LogP contribution in [-0.4, -0.2) is 57.5 Å². The van der Waals surface area contributed by atoms with Gasteiger partial charge in [0.25, 0.3) is 0 Å². The van der Waals surface area contributed by atoms with Gasteiger partial charge in [-0.1, -0.05) is 48.5 Å². The molecule has 1 aliphatic carbocycles. The van der Waals surface area contributed by atoms with Crippen molar-refractivity contribution in [2.75, 3.05) is 27.2 Å². The molecule has 9 nitrogen and oxygen atoms in total. The molecule has 34 heavy (non-hydrogen) atoms. The van der Waals surface area contributed by atoms with Crippen LogP contribution in [0.5, 0.6) is 0 Å². The molecule has 0 saturated carbocycles.